The van der Waals surface area contributed by atoms with Crippen LogP contribution in [0.15, 0.2) is 0 Å². The molecular formula is C25H40N6O11. The number of carboxylic acid groups (broad SMARTS) is 1. The van der Waals surface area contributed by atoms with Gasteiger partial charge in [-0.2, -0.15) is 0 Å². The fraction of sp³-hybridized carbons (Fsp3) is 0.760. The molecule has 3 aliphatic rings. The van der Waals surface area contributed by atoms with Crippen LogP contribution < -0.4 is 16.4 Å². The highest BCUT2D eigenvalue weighted by atomic mass is 16.4. The van der Waals surface area contributed by atoms with Crippen molar-refractivity contribution in [2.24, 2.45) is 5.73 Å². The third kappa shape index (κ3) is 7.15. The van der Waals surface area contributed by atoms with Gasteiger partial charge < -0.3 is 56.6 Å². The van der Waals surface area contributed by atoms with Gasteiger partial charge in [0.15, 0.2) is 6.04 Å². The standard InChI is InChI=1S/C25H40N6O11/c1-11(26)22(38)29-5-3-4-16(29)20(36)27-15(10-32)23(39)31-9-14(35)7-18(31)24(40)30-8-13(34)6-17(30)21(37)28-19(12(2)33)25(41)42/h11-19,32-35H,3-10,26H2,1-2H3,(H,27,36)(H,28,37)(H,41,42)/t11-,12+,13+,14+,15-,16-,17-,18-,19-/m0/s1. The highest BCUT2D eigenvalue weighted by Crippen LogP contribution is 2.27. The molecule has 5 amide bonds. The third-order valence-electron chi connectivity index (χ3n) is 7.78. The van der Waals surface area contributed by atoms with Crippen LogP contribution in [0.2, 0.25) is 0 Å². The first-order valence-electron chi connectivity index (χ1n) is 13.8. The number of hydrogen-bond donors (Lipinski definition) is 8. The Hall–Kier alpha value is -3.38. The molecule has 0 radical (unpaired) electrons. The number of nitrogens with one attached hydrogen (secondary N) is 2. The second-order valence-corrected chi connectivity index (χ2v) is 11.1. The quantitative estimate of drug-likeness (QED) is 0.117. The molecule has 0 bridgehead atoms. The van der Waals surface area contributed by atoms with E-state index in [0.29, 0.717) is 19.4 Å². The predicted molar refractivity (Wildman–Crippen MR) is 141 cm³/mol. The van der Waals surface area contributed by atoms with E-state index >= 15 is 0 Å². The fourth-order valence-electron chi connectivity index (χ4n) is 5.65. The second-order valence-electron chi connectivity index (χ2n) is 11.1. The molecule has 3 rings (SSSR count). The molecule has 3 heterocycles. The molecule has 9 N–H and O–H groups in total. The number of nitrogens with zero attached hydrogens (tertiary/aromatic N) is 3. The van der Waals surface area contributed by atoms with Gasteiger partial charge in [0.25, 0.3) is 0 Å². The Labute approximate surface area is 241 Å². The molecule has 0 aromatic rings. The van der Waals surface area contributed by atoms with Gasteiger partial charge in [-0.05, 0) is 26.7 Å². The van der Waals surface area contributed by atoms with Gasteiger partial charge >= 0.3 is 5.97 Å². The number of β-amino-alcohol motifs (C(OH)–C–C–N with tert-alkyl or cyclic N) is 2. The van der Waals surface area contributed by atoms with Crippen LogP contribution in [0.3, 0.4) is 0 Å². The molecule has 42 heavy (non-hydrogen) atoms. The van der Waals surface area contributed by atoms with E-state index in [9.17, 15) is 54.3 Å². The molecule has 0 aromatic carbocycles. The van der Waals surface area contributed by atoms with Gasteiger partial charge in [0, 0.05) is 32.5 Å². The van der Waals surface area contributed by atoms with E-state index in [1.54, 1.807) is 0 Å². The zero-order chi connectivity index (χ0) is 31.5. The molecule has 236 valence electrons. The van der Waals surface area contributed by atoms with Gasteiger partial charge in [-0.15, -0.1) is 0 Å². The van der Waals surface area contributed by atoms with Crippen LogP contribution in [0.5, 0.6) is 0 Å². The lowest BCUT2D eigenvalue weighted by molar-refractivity contribution is -0.150. The Morgan fingerprint density at radius 1 is 0.857 bits per heavy atom. The Kier molecular flexibility index (Phi) is 10.8. The number of carboxylic acids is 1. The van der Waals surface area contributed by atoms with Crippen molar-refractivity contribution >= 4 is 35.5 Å². The molecule has 3 fully saturated rings. The molecular weight excluding hydrogens is 560 g/mol. The summed E-state index contributed by atoms with van der Waals surface area (Å²) < 4.78 is 0. The first-order chi connectivity index (χ1) is 19.7. The average Bonchev–Trinajstić information content (AvgIpc) is 3.66. The summed E-state index contributed by atoms with van der Waals surface area (Å²) in [5.74, 6) is -5.28. The fourth-order valence-corrected chi connectivity index (χ4v) is 5.65. The smallest absolute Gasteiger partial charge is 0.328 e. The molecule has 17 nitrogen and oxygen atoms in total. The van der Waals surface area contributed by atoms with Gasteiger partial charge in [-0.3, -0.25) is 24.0 Å². The Balaban J connectivity index is 1.75. The molecule has 0 aromatic heterocycles. The lowest BCUT2D eigenvalue weighted by Gasteiger charge is -2.33. The van der Waals surface area contributed by atoms with Crippen molar-refractivity contribution in [1.82, 2.24) is 25.3 Å². The van der Waals surface area contributed by atoms with Crippen LogP contribution >= 0.6 is 0 Å². The highest BCUT2D eigenvalue weighted by molar-refractivity contribution is 5.97. The predicted octanol–water partition coefficient (Wildman–Crippen LogP) is -5.32. The first-order valence-corrected chi connectivity index (χ1v) is 13.8. The van der Waals surface area contributed by atoms with E-state index in [2.05, 4.69) is 10.6 Å². The van der Waals surface area contributed by atoms with Crippen LogP contribution in [0.4, 0.5) is 0 Å². The summed E-state index contributed by atoms with van der Waals surface area (Å²) in [6.45, 7) is 1.45. The lowest BCUT2D eigenvalue weighted by Crippen LogP contribution is -2.59. The minimum absolute atomic E-state index is 0.234. The SMILES string of the molecule is C[C@H](N)C(=O)N1CCC[C@H]1C(=O)N[C@@H](CO)C(=O)N1C[C@H](O)C[C@H]1C(=O)N1C[C@H](O)C[C@H]1C(=O)N[C@H](C(=O)O)[C@@H](C)O. The Morgan fingerprint density at radius 3 is 1.98 bits per heavy atom. The van der Waals surface area contributed by atoms with Crippen LogP contribution in [0.25, 0.3) is 0 Å². The van der Waals surface area contributed by atoms with E-state index < -0.39 is 96.7 Å². The molecule has 3 aliphatic heterocycles. The van der Waals surface area contributed by atoms with Crippen molar-refractivity contribution in [3.63, 3.8) is 0 Å². The number of rotatable bonds is 10. The number of aliphatic hydroxyl groups excluding tert-OH is 4. The molecule has 17 heteroatoms. The van der Waals surface area contributed by atoms with Crippen molar-refractivity contribution in [1.29, 1.82) is 0 Å². The summed E-state index contributed by atoms with van der Waals surface area (Å²) in [4.78, 5) is 80.0. The Morgan fingerprint density at radius 2 is 1.43 bits per heavy atom. The number of carbonyl (C=O) groups excluding carboxylic acids is 5. The second kappa shape index (κ2) is 13.7. The number of amides is 5. The maximum absolute atomic E-state index is 13.6. The average molecular weight is 601 g/mol. The van der Waals surface area contributed by atoms with E-state index in [1.165, 1.54) is 11.8 Å². The molecule has 3 saturated heterocycles. The lowest BCUT2D eigenvalue weighted by atomic mass is 10.1. The summed E-state index contributed by atoms with van der Waals surface area (Å²) >= 11 is 0. The zero-order valence-electron chi connectivity index (χ0n) is 23.5. The van der Waals surface area contributed by atoms with E-state index in [0.717, 1.165) is 16.7 Å². The van der Waals surface area contributed by atoms with Gasteiger partial charge in [0.1, 0.15) is 24.2 Å². The molecule has 9 atom stereocenters. The molecule has 0 aliphatic carbocycles. The minimum Gasteiger partial charge on any atom is -0.480 e. The van der Waals surface area contributed by atoms with E-state index in [-0.39, 0.29) is 25.9 Å². The number of aliphatic carboxylic acids is 1. The first kappa shape index (κ1) is 33.1. The molecule has 0 saturated carbocycles. The number of hydrogen-bond acceptors (Lipinski definition) is 11. The minimum atomic E-state index is -1.67. The monoisotopic (exact) mass is 600 g/mol. The van der Waals surface area contributed by atoms with Crippen LogP contribution in [0, 0.1) is 0 Å². The van der Waals surface area contributed by atoms with E-state index in [4.69, 9.17) is 5.73 Å². The maximum atomic E-state index is 13.6. The van der Waals surface area contributed by atoms with Crippen molar-refractivity contribution in [3.8, 4) is 0 Å². The molecule has 0 spiro atoms. The Bertz CT molecular complexity index is 1070. The van der Waals surface area contributed by atoms with Crippen molar-refractivity contribution < 1.29 is 54.3 Å². The topological polar surface area (TPSA) is 263 Å². The summed E-state index contributed by atoms with van der Waals surface area (Å²) in [6.07, 6.45) is -3.38. The third-order valence-corrected chi connectivity index (χ3v) is 7.78. The van der Waals surface area contributed by atoms with Crippen LogP contribution in [-0.4, -0.2) is 157 Å². The summed E-state index contributed by atoms with van der Waals surface area (Å²) in [5, 5.41) is 54.1. The highest BCUT2D eigenvalue weighted by Gasteiger charge is 2.48. The number of likely N-dealkylation sites (tertiary alicyclic amines) is 3. The van der Waals surface area contributed by atoms with Gasteiger partial charge in [-0.1, -0.05) is 0 Å². The van der Waals surface area contributed by atoms with E-state index in [1.807, 2.05) is 0 Å². The summed E-state index contributed by atoms with van der Waals surface area (Å²) in [6, 6.07) is -7.60. The van der Waals surface area contributed by atoms with Crippen LogP contribution in [0.1, 0.15) is 39.5 Å². The number of nitrogens with two attached hydrogens (primary N) is 1. The zero-order valence-corrected chi connectivity index (χ0v) is 23.5. The van der Waals surface area contributed by atoms with Crippen molar-refractivity contribution in [3.05, 3.63) is 0 Å². The maximum Gasteiger partial charge on any atom is 0.328 e. The molecule has 0 unspecified atom stereocenters. The van der Waals surface area contributed by atoms with Crippen LogP contribution in [-0.2, 0) is 28.8 Å². The normalized spacial score (nSPS) is 28.6. The number of carbonyl (C=O) groups is 6. The summed E-state index contributed by atoms with van der Waals surface area (Å²) in [7, 11) is 0. The number of aliphatic hydroxyl groups is 4. The van der Waals surface area contributed by atoms with Gasteiger partial charge in [0.05, 0.1) is 31.0 Å². The van der Waals surface area contributed by atoms with Gasteiger partial charge in [-0.25, -0.2) is 4.79 Å². The van der Waals surface area contributed by atoms with Crippen molar-refractivity contribution in [2.75, 3.05) is 26.2 Å². The summed E-state index contributed by atoms with van der Waals surface area (Å²) in [5.41, 5.74) is 5.67. The largest absolute Gasteiger partial charge is 0.480 e. The van der Waals surface area contributed by atoms with Crippen molar-refractivity contribution in [2.45, 2.75) is 94.1 Å². The van der Waals surface area contributed by atoms with Gasteiger partial charge in [0.2, 0.25) is 29.5 Å².